The van der Waals surface area contributed by atoms with Crippen molar-refractivity contribution in [2.45, 2.75) is 5.16 Å². The summed E-state index contributed by atoms with van der Waals surface area (Å²) in [5.74, 6) is 0.307. The molecule has 0 amide bonds. The van der Waals surface area contributed by atoms with Gasteiger partial charge in [-0.15, -0.1) is 0 Å². The Kier molecular flexibility index (Phi) is 3.81. The zero-order valence-corrected chi connectivity index (χ0v) is 10.5. The lowest BCUT2D eigenvalue weighted by Crippen LogP contribution is -1.96. The molecule has 0 aliphatic carbocycles. The van der Waals surface area contributed by atoms with Gasteiger partial charge in [-0.1, -0.05) is 23.4 Å². The summed E-state index contributed by atoms with van der Waals surface area (Å²) >= 11 is 7.26. The Labute approximate surface area is 107 Å². The molecule has 0 spiro atoms. The Morgan fingerprint density at radius 1 is 1.24 bits per heavy atom. The van der Waals surface area contributed by atoms with E-state index in [4.69, 9.17) is 11.6 Å². The lowest BCUT2D eigenvalue weighted by molar-refractivity contribution is 0.628. The number of hydrogen-bond donors (Lipinski definition) is 1. The predicted molar refractivity (Wildman–Crippen MR) is 68.5 cm³/mol. The first-order valence-electron chi connectivity index (χ1n) is 4.78. The summed E-state index contributed by atoms with van der Waals surface area (Å²) in [5, 5.41) is 3.99. The molecule has 2 rings (SSSR count). The number of nitrogens with zero attached hydrogens (tertiary/aromatic N) is 2. The molecule has 17 heavy (non-hydrogen) atoms. The first-order chi connectivity index (χ1) is 8.17. The second kappa shape index (κ2) is 5.33. The molecule has 88 valence electrons. The topological polar surface area (TPSA) is 37.8 Å². The number of thioether (sulfide) groups is 1. The van der Waals surface area contributed by atoms with Crippen LogP contribution in [-0.4, -0.2) is 16.2 Å². The Bertz CT molecular complexity index is 519. The van der Waals surface area contributed by atoms with Crippen molar-refractivity contribution in [3.05, 3.63) is 41.3 Å². The largest absolute Gasteiger partial charge is 0.340 e. The van der Waals surface area contributed by atoms with Crippen LogP contribution in [0.1, 0.15) is 0 Å². The van der Waals surface area contributed by atoms with E-state index in [-0.39, 0.29) is 5.82 Å². The van der Waals surface area contributed by atoms with Gasteiger partial charge in [0.15, 0.2) is 5.16 Å². The molecule has 0 saturated carbocycles. The first kappa shape index (κ1) is 12.1. The summed E-state index contributed by atoms with van der Waals surface area (Å²) in [6.45, 7) is 0. The molecule has 0 radical (unpaired) electrons. The monoisotopic (exact) mass is 269 g/mol. The Hall–Kier alpha value is -1.33. The highest BCUT2D eigenvalue weighted by Gasteiger charge is 2.02. The van der Waals surface area contributed by atoms with Crippen molar-refractivity contribution in [1.29, 1.82) is 0 Å². The van der Waals surface area contributed by atoms with Crippen LogP contribution in [0.3, 0.4) is 0 Å². The maximum atomic E-state index is 12.7. The van der Waals surface area contributed by atoms with Gasteiger partial charge in [0.05, 0.1) is 0 Å². The van der Waals surface area contributed by atoms with E-state index in [1.807, 2.05) is 6.26 Å². The SMILES string of the molecule is CSc1nc(Cl)cc(Nc2ccc(F)cc2)n1. The number of benzene rings is 1. The molecular weight excluding hydrogens is 261 g/mol. The lowest BCUT2D eigenvalue weighted by Gasteiger charge is -2.06. The Morgan fingerprint density at radius 3 is 2.59 bits per heavy atom. The van der Waals surface area contributed by atoms with Crippen LogP contribution in [0.25, 0.3) is 0 Å². The number of aromatic nitrogens is 2. The smallest absolute Gasteiger partial charge is 0.190 e. The molecule has 0 aliphatic rings. The second-order valence-electron chi connectivity index (χ2n) is 3.19. The van der Waals surface area contributed by atoms with Gasteiger partial charge in [-0.2, -0.15) is 0 Å². The Morgan fingerprint density at radius 2 is 1.94 bits per heavy atom. The fourth-order valence-electron chi connectivity index (χ4n) is 1.23. The van der Waals surface area contributed by atoms with Crippen LogP contribution in [0.15, 0.2) is 35.5 Å². The van der Waals surface area contributed by atoms with Crippen LogP contribution in [0.4, 0.5) is 15.9 Å². The average Bonchev–Trinajstić information content (AvgIpc) is 2.31. The van der Waals surface area contributed by atoms with Crippen LogP contribution in [0.2, 0.25) is 5.15 Å². The van der Waals surface area contributed by atoms with Gasteiger partial charge in [0.25, 0.3) is 0 Å². The molecule has 3 nitrogen and oxygen atoms in total. The number of halogens is 2. The minimum atomic E-state index is -0.277. The third-order valence-corrected chi connectivity index (χ3v) is 2.71. The van der Waals surface area contributed by atoms with Crippen molar-refractivity contribution in [3.8, 4) is 0 Å². The van der Waals surface area contributed by atoms with Crippen LogP contribution in [0, 0.1) is 5.82 Å². The standard InChI is InChI=1S/C11H9ClFN3S/c1-17-11-15-9(12)6-10(16-11)14-8-4-2-7(13)3-5-8/h2-6H,1H3,(H,14,15,16). The van der Waals surface area contributed by atoms with Crippen molar-refractivity contribution in [2.75, 3.05) is 11.6 Å². The molecule has 2 aromatic rings. The van der Waals surface area contributed by atoms with E-state index < -0.39 is 0 Å². The summed E-state index contributed by atoms with van der Waals surface area (Å²) in [4.78, 5) is 8.26. The zero-order valence-electron chi connectivity index (χ0n) is 8.95. The molecule has 0 saturated heterocycles. The molecule has 1 N–H and O–H groups in total. The van der Waals surface area contributed by atoms with Gasteiger partial charge in [0, 0.05) is 11.8 Å². The predicted octanol–water partition coefficient (Wildman–Crippen LogP) is 3.73. The van der Waals surface area contributed by atoms with Crippen LogP contribution < -0.4 is 5.32 Å². The third kappa shape index (κ3) is 3.31. The summed E-state index contributed by atoms with van der Waals surface area (Å²) in [6.07, 6.45) is 1.87. The fourth-order valence-corrected chi connectivity index (χ4v) is 1.85. The molecule has 0 atom stereocenters. The highest BCUT2D eigenvalue weighted by atomic mass is 35.5. The van der Waals surface area contributed by atoms with Crippen molar-refractivity contribution in [2.24, 2.45) is 0 Å². The molecule has 0 aliphatic heterocycles. The quantitative estimate of drug-likeness (QED) is 0.523. The van der Waals surface area contributed by atoms with Gasteiger partial charge in [0.1, 0.15) is 16.8 Å². The molecular formula is C11H9ClFN3S. The molecule has 0 fully saturated rings. The lowest BCUT2D eigenvalue weighted by atomic mass is 10.3. The number of hydrogen-bond acceptors (Lipinski definition) is 4. The van der Waals surface area contributed by atoms with Gasteiger partial charge in [-0.3, -0.25) is 0 Å². The molecule has 1 aromatic carbocycles. The highest BCUT2D eigenvalue weighted by molar-refractivity contribution is 7.98. The average molecular weight is 270 g/mol. The molecule has 0 unspecified atom stereocenters. The molecule has 1 aromatic heterocycles. The summed E-state index contributed by atoms with van der Waals surface area (Å²) < 4.78 is 12.7. The number of anilines is 2. The van der Waals surface area contributed by atoms with E-state index in [9.17, 15) is 4.39 Å². The Balaban J connectivity index is 2.23. The normalized spacial score (nSPS) is 10.3. The zero-order chi connectivity index (χ0) is 12.3. The van der Waals surface area contributed by atoms with Crippen molar-refractivity contribution in [3.63, 3.8) is 0 Å². The van der Waals surface area contributed by atoms with E-state index in [0.29, 0.717) is 16.1 Å². The molecule has 1 heterocycles. The number of nitrogens with one attached hydrogen (secondary N) is 1. The molecule has 0 bridgehead atoms. The van der Waals surface area contributed by atoms with E-state index >= 15 is 0 Å². The summed E-state index contributed by atoms with van der Waals surface area (Å²) in [7, 11) is 0. The van der Waals surface area contributed by atoms with E-state index in [0.717, 1.165) is 5.69 Å². The maximum absolute atomic E-state index is 12.7. The van der Waals surface area contributed by atoms with E-state index in [1.165, 1.54) is 23.9 Å². The summed E-state index contributed by atoms with van der Waals surface area (Å²) in [5.41, 5.74) is 0.744. The minimum absolute atomic E-state index is 0.277. The van der Waals surface area contributed by atoms with Gasteiger partial charge in [-0.25, -0.2) is 14.4 Å². The van der Waals surface area contributed by atoms with Crippen LogP contribution >= 0.6 is 23.4 Å². The van der Waals surface area contributed by atoms with Crippen LogP contribution in [-0.2, 0) is 0 Å². The number of rotatable bonds is 3. The van der Waals surface area contributed by atoms with Crippen molar-refractivity contribution in [1.82, 2.24) is 9.97 Å². The van der Waals surface area contributed by atoms with E-state index in [2.05, 4.69) is 15.3 Å². The van der Waals surface area contributed by atoms with Crippen LogP contribution in [0.5, 0.6) is 0 Å². The van der Waals surface area contributed by atoms with Gasteiger partial charge in [-0.05, 0) is 30.5 Å². The maximum Gasteiger partial charge on any atom is 0.190 e. The van der Waals surface area contributed by atoms with Gasteiger partial charge < -0.3 is 5.32 Å². The summed E-state index contributed by atoms with van der Waals surface area (Å²) in [6, 6.07) is 7.63. The first-order valence-corrected chi connectivity index (χ1v) is 6.39. The minimum Gasteiger partial charge on any atom is -0.340 e. The fraction of sp³-hybridized carbons (Fsp3) is 0.0909. The third-order valence-electron chi connectivity index (χ3n) is 1.97. The highest BCUT2D eigenvalue weighted by Crippen LogP contribution is 2.20. The second-order valence-corrected chi connectivity index (χ2v) is 4.36. The van der Waals surface area contributed by atoms with Crippen molar-refractivity contribution < 1.29 is 4.39 Å². The van der Waals surface area contributed by atoms with E-state index in [1.54, 1.807) is 18.2 Å². The molecule has 6 heteroatoms. The van der Waals surface area contributed by atoms with Gasteiger partial charge >= 0.3 is 0 Å². The van der Waals surface area contributed by atoms with Gasteiger partial charge in [0.2, 0.25) is 0 Å². The van der Waals surface area contributed by atoms with Crippen molar-refractivity contribution >= 4 is 34.9 Å².